The van der Waals surface area contributed by atoms with Gasteiger partial charge in [0.1, 0.15) is 5.75 Å². The van der Waals surface area contributed by atoms with Crippen LogP contribution in [0.4, 0.5) is 26.3 Å². The van der Waals surface area contributed by atoms with E-state index in [1.165, 1.54) is 0 Å². The maximum absolute atomic E-state index is 12.9. The lowest BCUT2D eigenvalue weighted by Gasteiger charge is -2.18. The summed E-state index contributed by atoms with van der Waals surface area (Å²) >= 11 is 0. The third-order valence-electron chi connectivity index (χ3n) is 3.66. The number of hydrogen-bond acceptors (Lipinski definition) is 3. The highest BCUT2D eigenvalue weighted by atomic mass is 19.4. The quantitative estimate of drug-likeness (QED) is 0.830. The smallest absolute Gasteiger partial charge is 0.481 e. The number of amides is 1. The number of hydrogen-bond donors (Lipinski definition) is 1. The van der Waals surface area contributed by atoms with Crippen molar-refractivity contribution in [3.8, 4) is 5.75 Å². The number of halogens is 6. The van der Waals surface area contributed by atoms with Crippen LogP contribution in [0, 0.1) is 11.8 Å². The first-order chi connectivity index (χ1) is 11.4. The molecule has 1 fully saturated rings. The van der Waals surface area contributed by atoms with Gasteiger partial charge < -0.3 is 14.7 Å². The molecule has 0 bridgehead atoms. The SMILES string of the molecule is O=C(O)[C@@H]1CN(C(=O)c2cccc(OC(F)(F)F)c2)C[C@H]1C(F)(F)F. The summed E-state index contributed by atoms with van der Waals surface area (Å²) < 4.78 is 79.0. The molecule has 1 N–H and O–H groups in total. The van der Waals surface area contributed by atoms with Gasteiger partial charge in [-0.05, 0) is 18.2 Å². The number of carbonyl (C=O) groups excluding carboxylic acids is 1. The predicted octanol–water partition coefficient (Wildman–Crippen LogP) is 2.92. The third kappa shape index (κ3) is 4.54. The van der Waals surface area contributed by atoms with Gasteiger partial charge in [0.15, 0.2) is 0 Å². The minimum absolute atomic E-state index is 0.339. The number of carbonyl (C=O) groups is 2. The standard InChI is InChI=1S/C14H11F6NO4/c15-13(16,17)10-6-21(5-9(10)12(23)24)11(22)7-2-1-3-8(4-7)25-14(18,19)20/h1-4,9-10H,5-6H2,(H,23,24)/t9-,10-/m1/s1. The van der Waals surface area contributed by atoms with Gasteiger partial charge in [-0.25, -0.2) is 0 Å². The lowest BCUT2D eigenvalue weighted by Crippen LogP contribution is -2.34. The molecule has 1 aliphatic rings. The average Bonchev–Trinajstić information content (AvgIpc) is 2.90. The Morgan fingerprint density at radius 3 is 2.24 bits per heavy atom. The van der Waals surface area contributed by atoms with Crippen molar-refractivity contribution in [2.75, 3.05) is 13.1 Å². The van der Waals surface area contributed by atoms with Gasteiger partial charge in [0.2, 0.25) is 0 Å². The number of likely N-dealkylation sites (tertiary alicyclic amines) is 1. The molecule has 2 atom stereocenters. The van der Waals surface area contributed by atoms with Gasteiger partial charge in [-0.2, -0.15) is 13.2 Å². The molecular weight excluding hydrogens is 360 g/mol. The Kier molecular flexibility index (Phi) is 4.87. The van der Waals surface area contributed by atoms with Crippen LogP contribution in [0.3, 0.4) is 0 Å². The summed E-state index contributed by atoms with van der Waals surface area (Å²) in [7, 11) is 0. The first kappa shape index (κ1) is 18.9. The second-order valence-corrected chi connectivity index (χ2v) is 5.38. The van der Waals surface area contributed by atoms with E-state index in [2.05, 4.69) is 4.74 Å². The zero-order chi connectivity index (χ0) is 19.0. The van der Waals surface area contributed by atoms with Crippen molar-refractivity contribution in [2.24, 2.45) is 11.8 Å². The number of carboxylic acid groups (broad SMARTS) is 1. The Balaban J connectivity index is 2.21. The zero-order valence-electron chi connectivity index (χ0n) is 12.3. The van der Waals surface area contributed by atoms with E-state index >= 15 is 0 Å². The molecule has 11 heteroatoms. The van der Waals surface area contributed by atoms with Crippen LogP contribution < -0.4 is 4.74 Å². The van der Waals surface area contributed by atoms with Crippen LogP contribution in [-0.2, 0) is 4.79 Å². The van der Waals surface area contributed by atoms with Crippen LogP contribution >= 0.6 is 0 Å². The zero-order valence-corrected chi connectivity index (χ0v) is 12.3. The van der Waals surface area contributed by atoms with Crippen LogP contribution in [0.2, 0.25) is 0 Å². The monoisotopic (exact) mass is 371 g/mol. The molecule has 1 heterocycles. The fourth-order valence-corrected chi connectivity index (χ4v) is 2.56. The number of rotatable bonds is 3. The molecule has 0 unspecified atom stereocenters. The fraction of sp³-hybridized carbons (Fsp3) is 0.429. The number of carboxylic acids is 1. The largest absolute Gasteiger partial charge is 0.573 e. The van der Waals surface area contributed by atoms with E-state index in [0.29, 0.717) is 4.90 Å². The average molecular weight is 371 g/mol. The summed E-state index contributed by atoms with van der Waals surface area (Å²) in [6, 6.07) is 3.82. The predicted molar refractivity (Wildman–Crippen MR) is 69.7 cm³/mol. The normalized spacial score (nSPS) is 21.3. The lowest BCUT2D eigenvalue weighted by molar-refractivity contribution is -0.274. The van der Waals surface area contributed by atoms with Crippen LogP contribution in [-0.4, -0.2) is 47.5 Å². The highest BCUT2D eigenvalue weighted by molar-refractivity contribution is 5.95. The van der Waals surface area contributed by atoms with E-state index in [0.717, 1.165) is 24.3 Å². The van der Waals surface area contributed by atoms with E-state index in [-0.39, 0.29) is 5.56 Å². The van der Waals surface area contributed by atoms with E-state index in [9.17, 15) is 35.9 Å². The van der Waals surface area contributed by atoms with Crippen LogP contribution in [0.5, 0.6) is 5.75 Å². The summed E-state index contributed by atoms with van der Waals surface area (Å²) in [6.45, 7) is -1.58. The Bertz CT molecular complexity index is 672. The van der Waals surface area contributed by atoms with Crippen LogP contribution in [0.1, 0.15) is 10.4 Å². The van der Waals surface area contributed by atoms with Gasteiger partial charge in [0, 0.05) is 18.7 Å². The van der Waals surface area contributed by atoms with Crippen molar-refractivity contribution >= 4 is 11.9 Å². The van der Waals surface area contributed by atoms with Gasteiger partial charge in [0.05, 0.1) is 11.8 Å². The molecule has 25 heavy (non-hydrogen) atoms. The molecule has 0 aliphatic carbocycles. The van der Waals surface area contributed by atoms with Crippen molar-refractivity contribution in [1.82, 2.24) is 4.90 Å². The van der Waals surface area contributed by atoms with Gasteiger partial charge in [0.25, 0.3) is 5.91 Å². The van der Waals surface area contributed by atoms with Crippen molar-refractivity contribution in [2.45, 2.75) is 12.5 Å². The van der Waals surface area contributed by atoms with E-state index < -0.39 is 55.1 Å². The van der Waals surface area contributed by atoms with E-state index in [4.69, 9.17) is 5.11 Å². The number of ether oxygens (including phenoxy) is 1. The Labute approximate surface area is 136 Å². The van der Waals surface area contributed by atoms with Gasteiger partial charge in [-0.15, -0.1) is 13.2 Å². The van der Waals surface area contributed by atoms with E-state index in [1.807, 2.05) is 0 Å². The first-order valence-electron chi connectivity index (χ1n) is 6.83. The number of alkyl halides is 6. The lowest BCUT2D eigenvalue weighted by atomic mass is 9.96. The highest BCUT2D eigenvalue weighted by Gasteiger charge is 2.53. The third-order valence-corrected chi connectivity index (χ3v) is 3.66. The number of benzene rings is 1. The second-order valence-electron chi connectivity index (χ2n) is 5.38. The molecule has 1 aromatic rings. The fourth-order valence-electron chi connectivity index (χ4n) is 2.56. The molecule has 2 rings (SSSR count). The first-order valence-corrected chi connectivity index (χ1v) is 6.83. The molecule has 1 saturated heterocycles. The van der Waals surface area contributed by atoms with Gasteiger partial charge in [-0.1, -0.05) is 6.07 Å². The molecule has 0 saturated carbocycles. The Morgan fingerprint density at radius 2 is 1.76 bits per heavy atom. The molecule has 0 spiro atoms. The summed E-state index contributed by atoms with van der Waals surface area (Å²) in [4.78, 5) is 23.9. The van der Waals surface area contributed by atoms with Crippen molar-refractivity contribution in [3.05, 3.63) is 29.8 Å². The minimum Gasteiger partial charge on any atom is -0.481 e. The molecule has 5 nitrogen and oxygen atoms in total. The Morgan fingerprint density at radius 1 is 1.12 bits per heavy atom. The summed E-state index contributed by atoms with van der Waals surface area (Å²) in [5.41, 5.74) is -0.339. The summed E-state index contributed by atoms with van der Waals surface area (Å²) in [6.07, 6.45) is -9.82. The van der Waals surface area contributed by atoms with Crippen molar-refractivity contribution in [3.63, 3.8) is 0 Å². The summed E-state index contributed by atoms with van der Waals surface area (Å²) in [5.74, 6) is -7.50. The second kappa shape index (κ2) is 6.45. The molecule has 0 radical (unpaired) electrons. The maximum atomic E-state index is 12.9. The minimum atomic E-state index is -4.99. The molecule has 1 aromatic carbocycles. The number of aliphatic carboxylic acids is 1. The van der Waals surface area contributed by atoms with Gasteiger partial charge >= 0.3 is 18.5 Å². The van der Waals surface area contributed by atoms with Crippen molar-refractivity contribution < 1.29 is 45.8 Å². The molecule has 1 aliphatic heterocycles. The number of nitrogens with zero attached hydrogens (tertiary/aromatic N) is 1. The molecule has 1 amide bonds. The van der Waals surface area contributed by atoms with Crippen LogP contribution in [0.25, 0.3) is 0 Å². The van der Waals surface area contributed by atoms with E-state index in [1.54, 1.807) is 0 Å². The summed E-state index contributed by atoms with van der Waals surface area (Å²) in [5, 5.41) is 8.91. The topological polar surface area (TPSA) is 66.8 Å². The molecular formula is C14H11F6NO4. The van der Waals surface area contributed by atoms with Gasteiger partial charge in [-0.3, -0.25) is 9.59 Å². The molecule has 138 valence electrons. The maximum Gasteiger partial charge on any atom is 0.573 e. The highest BCUT2D eigenvalue weighted by Crippen LogP contribution is 2.38. The Hall–Kier alpha value is -2.46. The van der Waals surface area contributed by atoms with Crippen molar-refractivity contribution in [1.29, 1.82) is 0 Å². The van der Waals surface area contributed by atoms with Crippen LogP contribution in [0.15, 0.2) is 24.3 Å². The molecule has 0 aromatic heterocycles.